The van der Waals surface area contributed by atoms with Crippen LogP contribution in [0.4, 0.5) is 5.13 Å². The van der Waals surface area contributed by atoms with Gasteiger partial charge in [-0.25, -0.2) is 9.97 Å². The number of pyridine rings is 1. The fourth-order valence-electron chi connectivity index (χ4n) is 1.67. The van der Waals surface area contributed by atoms with Crippen LogP contribution in [0.1, 0.15) is 10.4 Å². The molecule has 0 unspecified atom stereocenters. The molecular formula is C13H7Cl2N3OS. The Labute approximate surface area is 128 Å². The smallest absolute Gasteiger partial charge is 0.260 e. The number of benzene rings is 1. The number of fused-ring (bicyclic) bond motifs is 1. The Balaban J connectivity index is 1.89. The summed E-state index contributed by atoms with van der Waals surface area (Å²) in [5.74, 6) is -0.340. The van der Waals surface area contributed by atoms with Gasteiger partial charge in [0.1, 0.15) is 5.15 Å². The summed E-state index contributed by atoms with van der Waals surface area (Å²) in [5, 5.41) is 4.00. The third-order valence-electron chi connectivity index (χ3n) is 2.57. The number of nitrogens with one attached hydrogen (secondary N) is 1. The fourth-order valence-corrected chi connectivity index (χ4v) is 3.01. The lowest BCUT2D eigenvalue weighted by Gasteiger charge is -2.02. The molecule has 1 N–H and O–H groups in total. The van der Waals surface area contributed by atoms with E-state index in [-0.39, 0.29) is 11.1 Å². The lowest BCUT2D eigenvalue weighted by molar-refractivity contribution is 0.102. The Hall–Kier alpha value is -1.69. The maximum absolute atomic E-state index is 12.1. The molecule has 3 rings (SSSR count). The zero-order chi connectivity index (χ0) is 14.1. The number of amides is 1. The number of hydrogen-bond acceptors (Lipinski definition) is 4. The highest BCUT2D eigenvalue weighted by Gasteiger charge is 2.13. The summed E-state index contributed by atoms with van der Waals surface area (Å²) in [5.41, 5.74) is 1.10. The summed E-state index contributed by atoms with van der Waals surface area (Å²) in [7, 11) is 0. The average Bonchev–Trinajstić information content (AvgIpc) is 2.80. The quantitative estimate of drug-likeness (QED) is 0.717. The molecule has 1 aromatic carbocycles. The molecule has 0 bridgehead atoms. The van der Waals surface area contributed by atoms with Crippen molar-refractivity contribution >= 4 is 55.8 Å². The van der Waals surface area contributed by atoms with Gasteiger partial charge in [0.2, 0.25) is 0 Å². The molecular weight excluding hydrogens is 317 g/mol. The molecule has 0 atom stereocenters. The normalized spacial score (nSPS) is 10.7. The molecule has 0 saturated carbocycles. The standard InChI is InChI=1S/C13H7Cl2N3OS/c14-7-3-4-9-10(6-7)20-13(17-9)18-12(19)8-2-1-5-16-11(8)15/h1-6H,(H,17,18,19). The van der Waals surface area contributed by atoms with E-state index in [2.05, 4.69) is 15.3 Å². The second-order valence-corrected chi connectivity index (χ2v) is 5.75. The molecule has 0 radical (unpaired) electrons. The Morgan fingerprint density at radius 3 is 2.90 bits per heavy atom. The lowest BCUT2D eigenvalue weighted by Crippen LogP contribution is -2.12. The first kappa shape index (κ1) is 13.3. The maximum atomic E-state index is 12.1. The highest BCUT2D eigenvalue weighted by Crippen LogP contribution is 2.28. The van der Waals surface area contributed by atoms with Crippen LogP contribution in [-0.4, -0.2) is 15.9 Å². The number of carbonyl (C=O) groups excluding carboxylic acids is 1. The molecule has 0 aliphatic carbocycles. The maximum Gasteiger partial charge on any atom is 0.260 e. The predicted molar refractivity (Wildman–Crippen MR) is 81.8 cm³/mol. The molecule has 2 aromatic heterocycles. The molecule has 2 heterocycles. The van der Waals surface area contributed by atoms with Gasteiger partial charge in [-0.2, -0.15) is 0 Å². The van der Waals surface area contributed by atoms with Crippen molar-refractivity contribution in [2.45, 2.75) is 0 Å². The zero-order valence-corrected chi connectivity index (χ0v) is 12.3. The molecule has 0 fully saturated rings. The van der Waals surface area contributed by atoms with Crippen LogP contribution in [-0.2, 0) is 0 Å². The van der Waals surface area contributed by atoms with E-state index < -0.39 is 0 Å². The summed E-state index contributed by atoms with van der Waals surface area (Å²) in [6.07, 6.45) is 1.53. The lowest BCUT2D eigenvalue weighted by atomic mass is 10.3. The summed E-state index contributed by atoms with van der Waals surface area (Å²) in [6, 6.07) is 8.63. The molecule has 1 amide bonds. The third kappa shape index (κ3) is 2.60. The highest BCUT2D eigenvalue weighted by atomic mass is 35.5. The molecule has 4 nitrogen and oxygen atoms in total. The van der Waals surface area contributed by atoms with E-state index in [0.29, 0.717) is 15.7 Å². The summed E-state index contributed by atoms with van der Waals surface area (Å²) < 4.78 is 0.907. The van der Waals surface area contributed by atoms with Gasteiger partial charge in [-0.05, 0) is 30.3 Å². The van der Waals surface area contributed by atoms with E-state index in [0.717, 1.165) is 10.2 Å². The van der Waals surface area contributed by atoms with Crippen molar-refractivity contribution in [2.75, 3.05) is 5.32 Å². The largest absolute Gasteiger partial charge is 0.298 e. The topological polar surface area (TPSA) is 54.9 Å². The Kier molecular flexibility index (Phi) is 3.56. The minimum absolute atomic E-state index is 0.161. The van der Waals surface area contributed by atoms with E-state index in [1.807, 2.05) is 0 Å². The van der Waals surface area contributed by atoms with E-state index in [1.54, 1.807) is 30.3 Å². The molecule has 0 saturated heterocycles. The predicted octanol–water partition coefficient (Wildman–Crippen LogP) is 4.25. The second kappa shape index (κ2) is 5.36. The van der Waals surface area contributed by atoms with Crippen molar-refractivity contribution in [3.63, 3.8) is 0 Å². The van der Waals surface area contributed by atoms with Gasteiger partial charge in [0.15, 0.2) is 5.13 Å². The van der Waals surface area contributed by atoms with E-state index in [4.69, 9.17) is 23.2 Å². The van der Waals surface area contributed by atoms with E-state index in [9.17, 15) is 4.79 Å². The van der Waals surface area contributed by atoms with Crippen molar-refractivity contribution in [3.05, 3.63) is 52.3 Å². The number of anilines is 1. The highest BCUT2D eigenvalue weighted by molar-refractivity contribution is 7.22. The van der Waals surface area contributed by atoms with Gasteiger partial charge in [-0.15, -0.1) is 0 Å². The minimum Gasteiger partial charge on any atom is -0.298 e. The number of carbonyl (C=O) groups is 1. The monoisotopic (exact) mass is 323 g/mol. The number of halogens is 2. The van der Waals surface area contributed by atoms with Crippen LogP contribution in [0.5, 0.6) is 0 Å². The van der Waals surface area contributed by atoms with Gasteiger partial charge in [-0.1, -0.05) is 34.5 Å². The van der Waals surface area contributed by atoms with Gasteiger partial charge >= 0.3 is 0 Å². The summed E-state index contributed by atoms with van der Waals surface area (Å²) >= 11 is 13.1. The average molecular weight is 324 g/mol. The Morgan fingerprint density at radius 2 is 2.10 bits per heavy atom. The van der Waals surface area contributed by atoms with Gasteiger partial charge in [-0.3, -0.25) is 10.1 Å². The molecule has 20 heavy (non-hydrogen) atoms. The van der Waals surface area contributed by atoms with Crippen molar-refractivity contribution in [1.29, 1.82) is 0 Å². The van der Waals surface area contributed by atoms with Gasteiger partial charge in [0.05, 0.1) is 15.8 Å². The molecule has 100 valence electrons. The van der Waals surface area contributed by atoms with Crippen LogP contribution < -0.4 is 5.32 Å². The first-order valence-electron chi connectivity index (χ1n) is 5.61. The van der Waals surface area contributed by atoms with Crippen LogP contribution >= 0.6 is 34.5 Å². The number of thiazole rings is 1. The second-order valence-electron chi connectivity index (χ2n) is 3.93. The minimum atomic E-state index is -0.340. The zero-order valence-electron chi connectivity index (χ0n) is 9.93. The van der Waals surface area contributed by atoms with Crippen LogP contribution in [0.15, 0.2) is 36.5 Å². The molecule has 3 aromatic rings. The van der Waals surface area contributed by atoms with Crippen molar-refractivity contribution in [1.82, 2.24) is 9.97 Å². The van der Waals surface area contributed by atoms with Crippen LogP contribution in [0.3, 0.4) is 0 Å². The van der Waals surface area contributed by atoms with Gasteiger partial charge in [0, 0.05) is 11.2 Å². The number of aromatic nitrogens is 2. The van der Waals surface area contributed by atoms with Crippen molar-refractivity contribution < 1.29 is 4.79 Å². The first-order chi connectivity index (χ1) is 9.63. The molecule has 0 aliphatic rings. The first-order valence-corrected chi connectivity index (χ1v) is 7.19. The molecule has 0 spiro atoms. The SMILES string of the molecule is O=C(Nc1nc2ccc(Cl)cc2s1)c1cccnc1Cl. The summed E-state index contributed by atoms with van der Waals surface area (Å²) in [4.78, 5) is 20.3. The Morgan fingerprint density at radius 1 is 1.25 bits per heavy atom. The Bertz CT molecular complexity index is 803. The van der Waals surface area contributed by atoms with Crippen LogP contribution in [0, 0.1) is 0 Å². The van der Waals surface area contributed by atoms with Gasteiger partial charge in [0.25, 0.3) is 5.91 Å². The fraction of sp³-hybridized carbons (Fsp3) is 0. The van der Waals surface area contributed by atoms with Crippen molar-refractivity contribution in [3.8, 4) is 0 Å². The summed E-state index contributed by atoms with van der Waals surface area (Å²) in [6.45, 7) is 0. The number of hydrogen-bond donors (Lipinski definition) is 1. The van der Waals surface area contributed by atoms with E-state index in [1.165, 1.54) is 17.5 Å². The number of nitrogens with zero attached hydrogens (tertiary/aromatic N) is 2. The van der Waals surface area contributed by atoms with Crippen LogP contribution in [0.2, 0.25) is 10.2 Å². The third-order valence-corrected chi connectivity index (χ3v) is 4.04. The molecule has 7 heteroatoms. The molecule has 0 aliphatic heterocycles. The van der Waals surface area contributed by atoms with Crippen LogP contribution in [0.25, 0.3) is 10.2 Å². The van der Waals surface area contributed by atoms with Crippen molar-refractivity contribution in [2.24, 2.45) is 0 Å². The van der Waals surface area contributed by atoms with Gasteiger partial charge < -0.3 is 0 Å². The number of rotatable bonds is 2. The van der Waals surface area contributed by atoms with E-state index >= 15 is 0 Å².